The molecule has 0 N–H and O–H groups in total. The number of benzene rings is 1. The average Bonchev–Trinajstić information content (AvgIpc) is 2.45. The summed E-state index contributed by atoms with van der Waals surface area (Å²) < 4.78 is 11.5. The average molecular weight is 272 g/mol. The van der Waals surface area contributed by atoms with Gasteiger partial charge in [-0.05, 0) is 18.1 Å². The fourth-order valence-corrected chi connectivity index (χ4v) is 2.42. The smallest absolute Gasteiger partial charge is 0.284 e. The second-order valence-electron chi connectivity index (χ2n) is 6.27. The van der Waals surface area contributed by atoms with Crippen LogP contribution in [0, 0.1) is 5.41 Å². The second-order valence-corrected chi connectivity index (χ2v) is 6.27. The lowest BCUT2D eigenvalue weighted by atomic mass is 9.87. The Morgan fingerprint density at radius 1 is 1.15 bits per heavy atom. The van der Waals surface area contributed by atoms with Gasteiger partial charge in [0, 0.05) is 16.9 Å². The molecule has 108 valence electrons. The molecular weight excluding hydrogens is 248 g/mol. The fourth-order valence-electron chi connectivity index (χ4n) is 2.42. The minimum absolute atomic E-state index is 0.00525. The summed E-state index contributed by atoms with van der Waals surface area (Å²) in [5.41, 5.74) is 2.49. The van der Waals surface area contributed by atoms with Crippen LogP contribution in [-0.2, 0) is 9.47 Å². The highest BCUT2D eigenvalue weighted by Crippen LogP contribution is 2.38. The number of hydrogen-bond acceptors (Lipinski definition) is 2. The third-order valence-electron chi connectivity index (χ3n) is 3.72. The molecular formula is C18H24O2. The van der Waals surface area contributed by atoms with Crippen molar-refractivity contribution < 1.29 is 9.47 Å². The molecule has 1 aliphatic rings. The van der Waals surface area contributed by atoms with Crippen LogP contribution < -0.4 is 0 Å². The van der Waals surface area contributed by atoms with Crippen molar-refractivity contribution in [3.05, 3.63) is 59.2 Å². The van der Waals surface area contributed by atoms with Crippen molar-refractivity contribution in [2.24, 2.45) is 5.41 Å². The Kier molecular flexibility index (Phi) is 4.22. The molecule has 0 aromatic heterocycles. The molecule has 0 aliphatic carbocycles. The van der Waals surface area contributed by atoms with Gasteiger partial charge in [-0.3, -0.25) is 0 Å². The monoisotopic (exact) mass is 272 g/mol. The lowest BCUT2D eigenvalue weighted by Gasteiger charge is -2.30. The highest BCUT2D eigenvalue weighted by Gasteiger charge is 2.28. The minimum Gasteiger partial charge on any atom is -0.468 e. The summed E-state index contributed by atoms with van der Waals surface area (Å²) in [5.74, 6) is 1.94. The lowest BCUT2D eigenvalue weighted by Crippen LogP contribution is -2.18. The summed E-state index contributed by atoms with van der Waals surface area (Å²) in [6.07, 6.45) is 3.06. The van der Waals surface area contributed by atoms with E-state index in [1.807, 2.05) is 6.07 Å². The largest absolute Gasteiger partial charge is 0.468 e. The highest BCUT2D eigenvalue weighted by molar-refractivity contribution is 5.32. The van der Waals surface area contributed by atoms with Crippen LogP contribution in [-0.4, -0.2) is 7.11 Å². The first-order valence-corrected chi connectivity index (χ1v) is 7.14. The molecule has 1 aromatic rings. The quantitative estimate of drug-likeness (QED) is 0.771. The molecule has 1 aliphatic heterocycles. The Hall–Kier alpha value is -1.70. The van der Waals surface area contributed by atoms with Gasteiger partial charge in [-0.2, -0.15) is 0 Å². The molecule has 0 saturated carbocycles. The Morgan fingerprint density at radius 2 is 1.80 bits per heavy atom. The van der Waals surface area contributed by atoms with Crippen LogP contribution in [0.2, 0.25) is 0 Å². The molecule has 0 spiro atoms. The number of hydrogen-bond donors (Lipinski definition) is 0. The summed E-state index contributed by atoms with van der Waals surface area (Å²) in [4.78, 5) is 0. The second kappa shape index (κ2) is 5.74. The third kappa shape index (κ3) is 3.06. The maximum Gasteiger partial charge on any atom is 0.284 e. The third-order valence-corrected chi connectivity index (χ3v) is 3.72. The van der Waals surface area contributed by atoms with E-state index in [1.165, 1.54) is 11.1 Å². The summed E-state index contributed by atoms with van der Waals surface area (Å²) >= 11 is 0. The Bertz CT molecular complexity index is 518. The van der Waals surface area contributed by atoms with Gasteiger partial charge in [0.15, 0.2) is 0 Å². The highest BCUT2D eigenvalue weighted by atomic mass is 16.7. The summed E-state index contributed by atoms with van der Waals surface area (Å²) in [6, 6.07) is 10.5. The number of methoxy groups -OCH3 is 1. The van der Waals surface area contributed by atoms with E-state index in [0.717, 1.165) is 12.2 Å². The van der Waals surface area contributed by atoms with E-state index in [1.54, 1.807) is 7.11 Å². The van der Waals surface area contributed by atoms with Gasteiger partial charge in [0.1, 0.15) is 5.76 Å². The van der Waals surface area contributed by atoms with Crippen molar-refractivity contribution in [3.63, 3.8) is 0 Å². The Morgan fingerprint density at radius 3 is 2.35 bits per heavy atom. The normalized spacial score (nSPS) is 17.4. The zero-order valence-corrected chi connectivity index (χ0v) is 13.1. The first kappa shape index (κ1) is 14.7. The molecule has 0 radical (unpaired) electrons. The zero-order valence-electron chi connectivity index (χ0n) is 13.1. The molecule has 0 fully saturated rings. The van der Waals surface area contributed by atoms with Gasteiger partial charge in [0.05, 0.1) is 7.11 Å². The van der Waals surface area contributed by atoms with Crippen LogP contribution in [0.3, 0.4) is 0 Å². The summed E-state index contributed by atoms with van der Waals surface area (Å²) in [7, 11) is 1.68. The SMILES string of the molecule is COC1=C(C(C)c2ccccc2)CC=C(C(C)(C)C)O1. The molecule has 0 bridgehead atoms. The van der Waals surface area contributed by atoms with Crippen LogP contribution in [0.4, 0.5) is 0 Å². The number of allylic oxidation sites excluding steroid dienone is 3. The molecule has 1 atom stereocenters. The molecule has 0 amide bonds. The van der Waals surface area contributed by atoms with Crippen molar-refractivity contribution in [2.75, 3.05) is 7.11 Å². The van der Waals surface area contributed by atoms with Crippen molar-refractivity contribution >= 4 is 0 Å². The van der Waals surface area contributed by atoms with Gasteiger partial charge in [0.25, 0.3) is 5.95 Å². The van der Waals surface area contributed by atoms with E-state index in [9.17, 15) is 0 Å². The van der Waals surface area contributed by atoms with Crippen molar-refractivity contribution in [2.45, 2.75) is 40.0 Å². The van der Waals surface area contributed by atoms with Gasteiger partial charge >= 0.3 is 0 Å². The van der Waals surface area contributed by atoms with Crippen molar-refractivity contribution in [1.29, 1.82) is 0 Å². The van der Waals surface area contributed by atoms with E-state index >= 15 is 0 Å². The minimum atomic E-state index is 0.00525. The Labute approximate surface area is 122 Å². The molecule has 2 rings (SSSR count). The molecule has 0 saturated heterocycles. The van der Waals surface area contributed by atoms with E-state index in [-0.39, 0.29) is 5.41 Å². The van der Waals surface area contributed by atoms with Gasteiger partial charge in [0.2, 0.25) is 0 Å². The zero-order chi connectivity index (χ0) is 14.8. The molecule has 1 heterocycles. The fraction of sp³-hybridized carbons (Fsp3) is 0.444. The van der Waals surface area contributed by atoms with Crippen LogP contribution in [0.5, 0.6) is 0 Å². The lowest BCUT2D eigenvalue weighted by molar-refractivity contribution is 0.0661. The van der Waals surface area contributed by atoms with Crippen molar-refractivity contribution in [3.8, 4) is 0 Å². The Balaban J connectivity index is 2.26. The molecule has 20 heavy (non-hydrogen) atoms. The van der Waals surface area contributed by atoms with Crippen LogP contribution >= 0.6 is 0 Å². The topological polar surface area (TPSA) is 18.5 Å². The van der Waals surface area contributed by atoms with Gasteiger partial charge in [-0.1, -0.05) is 58.0 Å². The number of ether oxygens (including phenoxy) is 2. The van der Waals surface area contributed by atoms with E-state index < -0.39 is 0 Å². The first-order chi connectivity index (χ1) is 9.43. The number of rotatable bonds is 3. The summed E-state index contributed by atoms with van der Waals surface area (Å²) in [6.45, 7) is 8.65. The predicted octanol–water partition coefficient (Wildman–Crippen LogP) is 5.00. The van der Waals surface area contributed by atoms with Gasteiger partial charge in [-0.15, -0.1) is 0 Å². The first-order valence-electron chi connectivity index (χ1n) is 7.14. The van der Waals surface area contributed by atoms with E-state index in [2.05, 4.69) is 58.0 Å². The van der Waals surface area contributed by atoms with Crippen LogP contribution in [0.25, 0.3) is 0 Å². The van der Waals surface area contributed by atoms with Gasteiger partial charge < -0.3 is 9.47 Å². The van der Waals surface area contributed by atoms with E-state index in [4.69, 9.17) is 9.47 Å². The molecule has 1 unspecified atom stereocenters. The molecule has 2 nitrogen and oxygen atoms in total. The van der Waals surface area contributed by atoms with Crippen LogP contribution in [0.15, 0.2) is 53.7 Å². The van der Waals surface area contributed by atoms with Gasteiger partial charge in [-0.25, -0.2) is 0 Å². The maximum atomic E-state index is 5.97. The summed E-state index contributed by atoms with van der Waals surface area (Å²) in [5, 5.41) is 0. The molecule has 2 heteroatoms. The molecule has 1 aromatic carbocycles. The maximum absolute atomic E-state index is 5.97. The predicted molar refractivity (Wildman–Crippen MR) is 82.1 cm³/mol. The standard InChI is InChI=1S/C18H24O2/c1-13(14-9-7-6-8-10-14)15-11-12-16(18(2,3)4)20-17(15)19-5/h6-10,12-13H,11H2,1-5H3. The van der Waals surface area contributed by atoms with Crippen LogP contribution in [0.1, 0.15) is 45.6 Å². The van der Waals surface area contributed by atoms with Crippen molar-refractivity contribution in [1.82, 2.24) is 0 Å². The van der Waals surface area contributed by atoms with E-state index in [0.29, 0.717) is 11.9 Å².